The van der Waals surface area contributed by atoms with Gasteiger partial charge in [0.15, 0.2) is 0 Å². The van der Waals surface area contributed by atoms with Crippen molar-refractivity contribution in [3.63, 3.8) is 0 Å². The van der Waals surface area contributed by atoms with Gasteiger partial charge in [0.1, 0.15) is 11.5 Å². The van der Waals surface area contributed by atoms with Crippen LogP contribution in [0.3, 0.4) is 0 Å². The third-order valence-corrected chi connectivity index (χ3v) is 4.34. The van der Waals surface area contributed by atoms with Crippen molar-refractivity contribution in [1.82, 2.24) is 0 Å². The SMILES string of the molecule is Cc1ccc(OC(Oc2ccc(C)cc2)c2cccc3cocc23)cc1. The van der Waals surface area contributed by atoms with Crippen LogP contribution in [0.2, 0.25) is 0 Å². The van der Waals surface area contributed by atoms with Crippen molar-refractivity contribution in [2.45, 2.75) is 20.1 Å². The molecule has 0 saturated heterocycles. The summed E-state index contributed by atoms with van der Waals surface area (Å²) in [6.07, 6.45) is 2.88. The van der Waals surface area contributed by atoms with Crippen LogP contribution in [0.15, 0.2) is 83.7 Å². The molecule has 0 atom stereocenters. The molecule has 0 unspecified atom stereocenters. The molecule has 0 amide bonds. The van der Waals surface area contributed by atoms with Crippen LogP contribution in [-0.4, -0.2) is 0 Å². The molecule has 0 aliphatic heterocycles. The Morgan fingerprint density at radius 1 is 0.692 bits per heavy atom. The van der Waals surface area contributed by atoms with Gasteiger partial charge in [0, 0.05) is 16.3 Å². The minimum Gasteiger partial charge on any atom is -0.471 e. The molecule has 0 N–H and O–H groups in total. The van der Waals surface area contributed by atoms with Crippen LogP contribution in [-0.2, 0) is 0 Å². The molecule has 3 aromatic carbocycles. The molecule has 0 bridgehead atoms. The molecule has 4 aromatic rings. The van der Waals surface area contributed by atoms with Gasteiger partial charge in [-0.2, -0.15) is 0 Å². The summed E-state index contributed by atoms with van der Waals surface area (Å²) in [7, 11) is 0. The van der Waals surface area contributed by atoms with E-state index in [9.17, 15) is 0 Å². The second-order valence-corrected chi connectivity index (χ2v) is 6.42. The van der Waals surface area contributed by atoms with Crippen LogP contribution in [0.4, 0.5) is 0 Å². The molecule has 1 aromatic heterocycles. The highest BCUT2D eigenvalue weighted by Gasteiger charge is 2.19. The van der Waals surface area contributed by atoms with Gasteiger partial charge >= 0.3 is 0 Å². The minimum atomic E-state index is -0.582. The van der Waals surface area contributed by atoms with Crippen LogP contribution in [0, 0.1) is 13.8 Å². The fourth-order valence-electron chi connectivity index (χ4n) is 2.85. The maximum Gasteiger partial charge on any atom is 0.268 e. The molecule has 0 aliphatic carbocycles. The van der Waals surface area contributed by atoms with Gasteiger partial charge in [0.05, 0.1) is 12.5 Å². The molecule has 3 heteroatoms. The maximum absolute atomic E-state index is 6.20. The topological polar surface area (TPSA) is 31.6 Å². The molecule has 0 fully saturated rings. The van der Waals surface area contributed by atoms with Gasteiger partial charge in [0.25, 0.3) is 6.29 Å². The van der Waals surface area contributed by atoms with Gasteiger partial charge in [-0.05, 0) is 38.1 Å². The average Bonchev–Trinajstić information content (AvgIpc) is 3.13. The average molecular weight is 344 g/mol. The lowest BCUT2D eigenvalue weighted by Gasteiger charge is -2.21. The predicted octanol–water partition coefficient (Wildman–Crippen LogP) is 6.21. The van der Waals surface area contributed by atoms with Crippen LogP contribution in [0.1, 0.15) is 23.0 Å². The van der Waals surface area contributed by atoms with E-state index in [-0.39, 0.29) is 0 Å². The lowest BCUT2D eigenvalue weighted by molar-refractivity contribution is 0.00497. The zero-order chi connectivity index (χ0) is 17.9. The zero-order valence-corrected chi connectivity index (χ0v) is 14.8. The lowest BCUT2D eigenvalue weighted by atomic mass is 10.1. The first-order valence-corrected chi connectivity index (χ1v) is 8.60. The second kappa shape index (κ2) is 6.96. The number of rotatable bonds is 5. The molecule has 0 spiro atoms. The lowest BCUT2D eigenvalue weighted by Crippen LogP contribution is -2.15. The van der Waals surface area contributed by atoms with E-state index in [0.29, 0.717) is 0 Å². The third kappa shape index (κ3) is 3.42. The summed E-state index contributed by atoms with van der Waals surface area (Å²) in [6.45, 7) is 4.10. The summed E-state index contributed by atoms with van der Waals surface area (Å²) in [5, 5.41) is 2.00. The Bertz CT molecular complexity index is 950. The number of aryl methyl sites for hydroxylation is 2. The fraction of sp³-hybridized carbons (Fsp3) is 0.130. The van der Waals surface area contributed by atoms with Gasteiger partial charge in [-0.25, -0.2) is 0 Å². The Balaban J connectivity index is 1.71. The molecular formula is C23H20O3. The summed E-state index contributed by atoms with van der Waals surface area (Å²) in [6, 6.07) is 21.9. The predicted molar refractivity (Wildman–Crippen MR) is 103 cm³/mol. The smallest absolute Gasteiger partial charge is 0.268 e. The Hall–Kier alpha value is -3.20. The first-order chi connectivity index (χ1) is 12.7. The number of hydrogen-bond acceptors (Lipinski definition) is 3. The number of fused-ring (bicyclic) bond motifs is 1. The van der Waals surface area contributed by atoms with Crippen molar-refractivity contribution >= 4 is 10.8 Å². The number of ether oxygens (including phenoxy) is 2. The van der Waals surface area contributed by atoms with Gasteiger partial charge in [-0.15, -0.1) is 0 Å². The van der Waals surface area contributed by atoms with Gasteiger partial charge < -0.3 is 13.9 Å². The van der Waals surface area contributed by atoms with Crippen molar-refractivity contribution in [3.05, 3.63) is 95.9 Å². The molecule has 26 heavy (non-hydrogen) atoms. The number of hydrogen-bond donors (Lipinski definition) is 0. The first-order valence-electron chi connectivity index (χ1n) is 8.60. The van der Waals surface area contributed by atoms with E-state index in [0.717, 1.165) is 27.8 Å². The van der Waals surface area contributed by atoms with Gasteiger partial charge in [0.2, 0.25) is 0 Å². The van der Waals surface area contributed by atoms with Crippen molar-refractivity contribution < 1.29 is 13.9 Å². The summed E-state index contributed by atoms with van der Waals surface area (Å²) in [5.74, 6) is 1.52. The van der Waals surface area contributed by atoms with Crippen molar-refractivity contribution in [2.75, 3.05) is 0 Å². The van der Waals surface area contributed by atoms with E-state index >= 15 is 0 Å². The molecule has 0 saturated carbocycles. The normalized spacial score (nSPS) is 11.0. The Morgan fingerprint density at radius 3 is 1.85 bits per heavy atom. The quantitative estimate of drug-likeness (QED) is 0.404. The van der Waals surface area contributed by atoms with Crippen molar-refractivity contribution in [2.24, 2.45) is 0 Å². The minimum absolute atomic E-state index is 0.582. The zero-order valence-electron chi connectivity index (χ0n) is 14.8. The highest BCUT2D eigenvalue weighted by atomic mass is 16.7. The fourth-order valence-corrected chi connectivity index (χ4v) is 2.85. The van der Waals surface area contributed by atoms with E-state index in [1.165, 1.54) is 11.1 Å². The summed E-state index contributed by atoms with van der Waals surface area (Å²) in [5.41, 5.74) is 3.30. The van der Waals surface area contributed by atoms with E-state index in [4.69, 9.17) is 13.9 Å². The van der Waals surface area contributed by atoms with Crippen LogP contribution >= 0.6 is 0 Å². The third-order valence-electron chi connectivity index (χ3n) is 4.34. The molecule has 0 aliphatic rings. The van der Waals surface area contributed by atoms with Crippen molar-refractivity contribution in [3.8, 4) is 11.5 Å². The van der Waals surface area contributed by atoms with Gasteiger partial charge in [-0.3, -0.25) is 0 Å². The second-order valence-electron chi connectivity index (χ2n) is 6.42. The Labute approximate surface area is 152 Å². The number of benzene rings is 3. The number of furan rings is 1. The molecule has 4 rings (SSSR count). The molecule has 3 nitrogen and oxygen atoms in total. The highest BCUT2D eigenvalue weighted by Crippen LogP contribution is 2.31. The molecule has 0 radical (unpaired) electrons. The standard InChI is InChI=1S/C23H20O3/c1-16-6-10-19(11-7-16)25-23(26-20-12-8-17(2)9-13-20)21-5-3-4-18-14-24-15-22(18)21/h3-15,23H,1-2H3. The van der Waals surface area contributed by atoms with Crippen molar-refractivity contribution in [1.29, 1.82) is 0 Å². The van der Waals surface area contributed by atoms with Crippen LogP contribution in [0.25, 0.3) is 10.8 Å². The monoisotopic (exact) mass is 344 g/mol. The van der Waals surface area contributed by atoms with Crippen LogP contribution < -0.4 is 9.47 Å². The van der Waals surface area contributed by atoms with Crippen LogP contribution in [0.5, 0.6) is 11.5 Å². The van der Waals surface area contributed by atoms with Gasteiger partial charge in [-0.1, -0.05) is 53.6 Å². The van der Waals surface area contributed by atoms with E-state index in [1.54, 1.807) is 12.5 Å². The maximum atomic E-state index is 6.20. The summed E-state index contributed by atoms with van der Waals surface area (Å²) in [4.78, 5) is 0. The Kier molecular flexibility index (Phi) is 4.36. The van der Waals surface area contributed by atoms with E-state index in [2.05, 4.69) is 13.8 Å². The summed E-state index contributed by atoms with van der Waals surface area (Å²) < 4.78 is 17.8. The summed E-state index contributed by atoms with van der Waals surface area (Å²) >= 11 is 0. The molecular weight excluding hydrogens is 324 g/mol. The van der Waals surface area contributed by atoms with E-state index in [1.807, 2.05) is 66.7 Å². The molecule has 130 valence electrons. The Morgan fingerprint density at radius 2 is 1.27 bits per heavy atom. The highest BCUT2D eigenvalue weighted by molar-refractivity contribution is 5.84. The van der Waals surface area contributed by atoms with E-state index < -0.39 is 6.29 Å². The first kappa shape index (κ1) is 16.3. The largest absolute Gasteiger partial charge is 0.471 e. The molecule has 1 heterocycles.